The largest absolute Gasteiger partial charge is 0.491 e. The third-order valence-corrected chi connectivity index (χ3v) is 6.09. The number of aromatic nitrogens is 2. The van der Waals surface area contributed by atoms with E-state index in [0.29, 0.717) is 43.5 Å². The van der Waals surface area contributed by atoms with Crippen LogP contribution in [0, 0.1) is 6.92 Å². The Morgan fingerprint density at radius 2 is 1.80 bits per heavy atom. The molecule has 1 saturated heterocycles. The maximum Gasteiger partial charge on any atom is 0.243 e. The number of rotatable bonds is 5. The lowest BCUT2D eigenvalue weighted by molar-refractivity contribution is 0.242. The molecule has 1 aromatic heterocycles. The maximum atomic E-state index is 12.8. The summed E-state index contributed by atoms with van der Waals surface area (Å²) in [4.78, 5) is 0.288. The zero-order chi connectivity index (χ0) is 18.0. The standard InChI is InChI=1S/C17H23N3O4S/c1-12(2)23-15-4-6-16(7-5-15)25(21,22)20-10-8-14(9-11-20)17-19-18-13(3)24-17/h4-7,12,14H,8-11H2,1-3H3. The number of piperidine rings is 1. The predicted molar refractivity (Wildman–Crippen MR) is 92.0 cm³/mol. The molecule has 0 unspecified atom stereocenters. The van der Waals surface area contributed by atoms with Gasteiger partial charge in [0.15, 0.2) is 0 Å². The average Bonchev–Trinajstić information content (AvgIpc) is 3.01. The van der Waals surface area contributed by atoms with Gasteiger partial charge in [0.1, 0.15) is 5.75 Å². The molecule has 0 N–H and O–H groups in total. The van der Waals surface area contributed by atoms with Crippen molar-refractivity contribution in [3.63, 3.8) is 0 Å². The van der Waals surface area contributed by atoms with Gasteiger partial charge in [-0.1, -0.05) is 0 Å². The summed E-state index contributed by atoms with van der Waals surface area (Å²) in [5.41, 5.74) is 0. The highest BCUT2D eigenvalue weighted by Crippen LogP contribution is 2.30. The van der Waals surface area contributed by atoms with Gasteiger partial charge in [0.2, 0.25) is 21.8 Å². The fourth-order valence-corrected chi connectivity index (χ4v) is 4.40. The lowest BCUT2D eigenvalue weighted by atomic mass is 9.98. The quantitative estimate of drug-likeness (QED) is 0.810. The van der Waals surface area contributed by atoms with E-state index in [1.165, 1.54) is 4.31 Å². The van der Waals surface area contributed by atoms with Crippen LogP contribution >= 0.6 is 0 Å². The van der Waals surface area contributed by atoms with Gasteiger partial charge < -0.3 is 9.15 Å². The van der Waals surface area contributed by atoms with E-state index in [-0.39, 0.29) is 16.9 Å². The van der Waals surface area contributed by atoms with Crippen molar-refractivity contribution in [3.05, 3.63) is 36.0 Å². The third kappa shape index (κ3) is 4.01. The highest BCUT2D eigenvalue weighted by molar-refractivity contribution is 7.89. The van der Waals surface area contributed by atoms with Crippen molar-refractivity contribution in [2.45, 2.75) is 50.5 Å². The Balaban J connectivity index is 1.67. The summed E-state index contributed by atoms with van der Waals surface area (Å²) in [6, 6.07) is 6.59. The van der Waals surface area contributed by atoms with Crippen molar-refractivity contribution >= 4 is 10.0 Å². The summed E-state index contributed by atoms with van der Waals surface area (Å²) < 4.78 is 38.2. The molecular weight excluding hydrogens is 342 g/mol. The van der Waals surface area contributed by atoms with E-state index in [9.17, 15) is 8.42 Å². The number of hydrogen-bond donors (Lipinski definition) is 0. The van der Waals surface area contributed by atoms with Gasteiger partial charge in [-0.25, -0.2) is 8.42 Å². The molecule has 7 nitrogen and oxygen atoms in total. The first-order valence-electron chi connectivity index (χ1n) is 8.43. The molecule has 0 atom stereocenters. The molecule has 1 aromatic carbocycles. The highest BCUT2D eigenvalue weighted by atomic mass is 32.2. The summed E-state index contributed by atoms with van der Waals surface area (Å²) in [6.45, 7) is 6.50. The molecule has 1 fully saturated rings. The molecule has 0 radical (unpaired) electrons. The Labute approximate surface area is 148 Å². The van der Waals surface area contributed by atoms with Gasteiger partial charge in [-0.15, -0.1) is 10.2 Å². The topological polar surface area (TPSA) is 85.5 Å². The lowest BCUT2D eigenvalue weighted by Gasteiger charge is -2.29. The smallest absolute Gasteiger partial charge is 0.243 e. The summed E-state index contributed by atoms with van der Waals surface area (Å²) in [5.74, 6) is 1.92. The fourth-order valence-electron chi connectivity index (χ4n) is 2.93. The Morgan fingerprint density at radius 3 is 2.32 bits per heavy atom. The van der Waals surface area contributed by atoms with Crippen LogP contribution in [0.5, 0.6) is 5.75 Å². The van der Waals surface area contributed by atoms with E-state index in [1.807, 2.05) is 13.8 Å². The number of benzene rings is 1. The number of sulfonamides is 1. The van der Waals surface area contributed by atoms with Gasteiger partial charge in [-0.2, -0.15) is 4.31 Å². The predicted octanol–water partition coefficient (Wildman–Crippen LogP) is 2.73. The number of hydrogen-bond acceptors (Lipinski definition) is 6. The minimum atomic E-state index is -3.50. The van der Waals surface area contributed by atoms with Crippen LogP contribution < -0.4 is 4.74 Å². The Bertz CT molecular complexity index is 807. The van der Waals surface area contributed by atoms with Gasteiger partial charge in [0.25, 0.3) is 0 Å². The second-order valence-electron chi connectivity index (χ2n) is 6.48. The van der Waals surface area contributed by atoms with Gasteiger partial charge in [0, 0.05) is 25.9 Å². The van der Waals surface area contributed by atoms with Crippen LogP contribution in [0.15, 0.2) is 33.6 Å². The van der Waals surface area contributed by atoms with Crippen molar-refractivity contribution in [1.29, 1.82) is 0 Å². The van der Waals surface area contributed by atoms with Crippen molar-refractivity contribution in [3.8, 4) is 5.75 Å². The highest BCUT2D eigenvalue weighted by Gasteiger charge is 2.31. The zero-order valence-corrected chi connectivity index (χ0v) is 15.5. The molecule has 2 aromatic rings. The average molecular weight is 365 g/mol. The molecule has 0 bridgehead atoms. The number of nitrogens with zero attached hydrogens (tertiary/aromatic N) is 3. The van der Waals surface area contributed by atoms with E-state index in [2.05, 4.69) is 10.2 Å². The molecule has 2 heterocycles. The van der Waals surface area contributed by atoms with Crippen molar-refractivity contribution in [2.24, 2.45) is 0 Å². The van der Waals surface area contributed by atoms with Gasteiger partial charge in [-0.3, -0.25) is 0 Å². The molecule has 8 heteroatoms. The molecule has 3 rings (SSSR count). The number of ether oxygens (including phenoxy) is 1. The van der Waals surface area contributed by atoms with Crippen molar-refractivity contribution < 1.29 is 17.6 Å². The molecule has 0 saturated carbocycles. The Hall–Kier alpha value is -1.93. The van der Waals surface area contributed by atoms with Gasteiger partial charge in [-0.05, 0) is 51.0 Å². The molecule has 0 spiro atoms. The summed E-state index contributed by atoms with van der Waals surface area (Å²) in [7, 11) is -3.50. The second-order valence-corrected chi connectivity index (χ2v) is 8.41. The van der Waals surface area contributed by atoms with Crippen molar-refractivity contribution in [2.75, 3.05) is 13.1 Å². The summed E-state index contributed by atoms with van der Waals surface area (Å²) in [6.07, 6.45) is 1.40. The number of aryl methyl sites for hydroxylation is 1. The first-order valence-corrected chi connectivity index (χ1v) is 9.87. The van der Waals surface area contributed by atoms with E-state index in [1.54, 1.807) is 31.2 Å². The zero-order valence-electron chi connectivity index (χ0n) is 14.7. The molecule has 0 aliphatic carbocycles. The third-order valence-electron chi connectivity index (χ3n) is 4.18. The Kier molecular flexibility index (Phi) is 5.10. The molecule has 1 aliphatic rings. The normalized spacial score (nSPS) is 17.1. The van der Waals surface area contributed by atoms with Crippen LogP contribution in [0.3, 0.4) is 0 Å². The SMILES string of the molecule is Cc1nnc(C2CCN(S(=O)(=O)c3ccc(OC(C)C)cc3)CC2)o1. The van der Waals surface area contributed by atoms with E-state index < -0.39 is 10.0 Å². The minimum absolute atomic E-state index is 0.0508. The van der Waals surface area contributed by atoms with E-state index >= 15 is 0 Å². The summed E-state index contributed by atoms with van der Waals surface area (Å²) in [5, 5.41) is 7.89. The first-order chi connectivity index (χ1) is 11.9. The maximum absolute atomic E-state index is 12.8. The van der Waals surface area contributed by atoms with Crippen molar-refractivity contribution in [1.82, 2.24) is 14.5 Å². The molecular formula is C17H23N3O4S. The minimum Gasteiger partial charge on any atom is -0.491 e. The molecule has 25 heavy (non-hydrogen) atoms. The monoisotopic (exact) mass is 365 g/mol. The molecule has 0 amide bonds. The van der Waals surface area contributed by atoms with Crippen LogP contribution in [-0.4, -0.2) is 42.1 Å². The van der Waals surface area contributed by atoms with Crippen LogP contribution in [-0.2, 0) is 10.0 Å². The van der Waals surface area contributed by atoms with E-state index in [4.69, 9.17) is 9.15 Å². The second kappa shape index (κ2) is 7.13. The Morgan fingerprint density at radius 1 is 1.16 bits per heavy atom. The first kappa shape index (κ1) is 17.9. The van der Waals surface area contributed by atoms with Crippen LogP contribution in [0.4, 0.5) is 0 Å². The fraction of sp³-hybridized carbons (Fsp3) is 0.529. The molecule has 1 aliphatic heterocycles. The van der Waals surface area contributed by atoms with Crippen LogP contribution in [0.1, 0.15) is 44.4 Å². The molecule has 136 valence electrons. The van der Waals surface area contributed by atoms with E-state index in [0.717, 1.165) is 0 Å². The summed E-state index contributed by atoms with van der Waals surface area (Å²) >= 11 is 0. The lowest BCUT2D eigenvalue weighted by Crippen LogP contribution is -2.37. The van der Waals surface area contributed by atoms with Gasteiger partial charge >= 0.3 is 0 Å². The van der Waals surface area contributed by atoms with Crippen LogP contribution in [0.25, 0.3) is 0 Å². The van der Waals surface area contributed by atoms with Crippen LogP contribution in [0.2, 0.25) is 0 Å². The van der Waals surface area contributed by atoms with Gasteiger partial charge in [0.05, 0.1) is 11.0 Å².